The number of aryl methyl sites for hydroxylation is 1. The molecule has 10 nitrogen and oxygen atoms in total. The fourth-order valence-electron chi connectivity index (χ4n) is 3.72. The molecule has 0 bridgehead atoms. The summed E-state index contributed by atoms with van der Waals surface area (Å²) in [5.41, 5.74) is 1.31. The van der Waals surface area contributed by atoms with Gasteiger partial charge in [0.05, 0.1) is 40.7 Å². The summed E-state index contributed by atoms with van der Waals surface area (Å²) < 4.78 is 33.3. The third-order valence-corrected chi connectivity index (χ3v) is 6.89. The van der Waals surface area contributed by atoms with E-state index < -0.39 is 46.5 Å². The lowest BCUT2D eigenvalue weighted by molar-refractivity contribution is -0.136. The fraction of sp³-hybridized carbons (Fsp3) is 0.462. The minimum Gasteiger partial charge on any atom is -0.444 e. The average molecular weight is 533 g/mol. The lowest BCUT2D eigenvalue weighted by Crippen LogP contribution is -2.51. The summed E-state index contributed by atoms with van der Waals surface area (Å²) in [5.74, 6) is 0.659. The number of ether oxygens (including phenoxy) is 1. The number of sulfonamides is 1. The predicted octanol–water partition coefficient (Wildman–Crippen LogP) is 3.70. The minimum atomic E-state index is -4.18. The van der Waals surface area contributed by atoms with Gasteiger partial charge in [-0.3, -0.25) is 4.84 Å². The number of nitrogens with one attached hydrogen (secondary N) is 2. The number of aromatic amines is 1. The molecule has 202 valence electrons. The van der Waals surface area contributed by atoms with Crippen molar-refractivity contribution >= 4 is 27.1 Å². The highest BCUT2D eigenvalue weighted by molar-refractivity contribution is 7.89. The van der Waals surface area contributed by atoms with E-state index in [2.05, 4.69) is 15.3 Å². The van der Waals surface area contributed by atoms with Crippen LogP contribution >= 0.6 is 0 Å². The first kappa shape index (κ1) is 28.6. The van der Waals surface area contributed by atoms with Crippen molar-refractivity contribution in [3.63, 3.8) is 0 Å². The van der Waals surface area contributed by atoms with Crippen LogP contribution in [0.25, 0.3) is 11.0 Å². The number of rotatable bonds is 10. The number of amides is 1. The van der Waals surface area contributed by atoms with Gasteiger partial charge in [0.15, 0.2) is 0 Å². The third-order valence-electron chi connectivity index (χ3n) is 5.27. The fourth-order valence-corrected chi connectivity index (χ4v) is 5.09. The number of carbonyl (C=O) groups is 1. The molecule has 0 saturated heterocycles. The summed E-state index contributed by atoms with van der Waals surface area (Å²) >= 11 is 0. The van der Waals surface area contributed by atoms with Gasteiger partial charge >= 0.3 is 6.09 Å². The average Bonchev–Trinajstić information content (AvgIpc) is 3.16. The topological polar surface area (TPSA) is 134 Å². The first-order valence-corrected chi connectivity index (χ1v) is 13.6. The monoisotopic (exact) mass is 532 g/mol. The van der Waals surface area contributed by atoms with E-state index in [4.69, 9.17) is 9.57 Å². The second-order valence-corrected chi connectivity index (χ2v) is 12.0. The number of H-pyrrole nitrogens is 1. The van der Waals surface area contributed by atoms with Gasteiger partial charge in [0, 0.05) is 0 Å². The molecule has 11 heteroatoms. The van der Waals surface area contributed by atoms with Crippen molar-refractivity contribution < 1.29 is 27.9 Å². The van der Waals surface area contributed by atoms with Crippen LogP contribution in [0.2, 0.25) is 0 Å². The Balaban J connectivity index is 1.89. The Labute approximate surface area is 218 Å². The van der Waals surface area contributed by atoms with Crippen LogP contribution in [-0.2, 0) is 26.0 Å². The Morgan fingerprint density at radius 2 is 1.84 bits per heavy atom. The van der Waals surface area contributed by atoms with Gasteiger partial charge in [-0.25, -0.2) is 18.2 Å². The Morgan fingerprint density at radius 1 is 1.16 bits per heavy atom. The Hall–Kier alpha value is -2.99. The van der Waals surface area contributed by atoms with Crippen molar-refractivity contribution in [1.82, 2.24) is 19.8 Å². The molecular weight excluding hydrogens is 496 g/mol. The second kappa shape index (κ2) is 11.6. The summed E-state index contributed by atoms with van der Waals surface area (Å²) in [6, 6.07) is 12.9. The van der Waals surface area contributed by atoms with Gasteiger partial charge in [-0.1, -0.05) is 34.8 Å². The first-order valence-electron chi connectivity index (χ1n) is 12.1. The van der Waals surface area contributed by atoms with Gasteiger partial charge in [-0.2, -0.15) is 0 Å². The Morgan fingerprint density at radius 3 is 2.46 bits per heavy atom. The second-order valence-electron chi connectivity index (χ2n) is 10.2. The summed E-state index contributed by atoms with van der Waals surface area (Å²) in [7, 11) is -4.18. The molecule has 0 saturated carbocycles. The molecule has 3 N–H and O–H groups in total. The highest BCUT2D eigenvalue weighted by atomic mass is 32.2. The smallest absolute Gasteiger partial charge is 0.407 e. The molecule has 1 aromatic heterocycles. The van der Waals surface area contributed by atoms with Gasteiger partial charge in [0.1, 0.15) is 11.4 Å². The van der Waals surface area contributed by atoms with E-state index in [-0.39, 0.29) is 11.3 Å². The number of nitrogens with zero attached hydrogens (tertiary/aromatic N) is 2. The minimum absolute atomic E-state index is 0.0174. The summed E-state index contributed by atoms with van der Waals surface area (Å²) in [6.07, 6.45) is -2.28. The molecule has 3 aromatic rings. The van der Waals surface area contributed by atoms with Crippen LogP contribution in [0.3, 0.4) is 0 Å². The number of aliphatic hydroxyl groups excluding tert-OH is 1. The molecule has 2 aromatic carbocycles. The van der Waals surface area contributed by atoms with Crippen molar-refractivity contribution in [2.24, 2.45) is 0 Å². The molecule has 0 fully saturated rings. The number of hydrogen-bond acceptors (Lipinski definition) is 7. The molecule has 0 aliphatic carbocycles. The molecule has 37 heavy (non-hydrogen) atoms. The largest absolute Gasteiger partial charge is 0.444 e. The van der Waals surface area contributed by atoms with Crippen molar-refractivity contribution in [2.45, 2.75) is 76.7 Å². The molecule has 2 atom stereocenters. The number of hydrogen-bond donors (Lipinski definition) is 3. The maximum atomic E-state index is 13.6. The van der Waals surface area contributed by atoms with Crippen LogP contribution in [0.1, 0.15) is 46.0 Å². The third kappa shape index (κ3) is 8.00. The van der Waals surface area contributed by atoms with Crippen molar-refractivity contribution in [3.8, 4) is 0 Å². The molecule has 3 rings (SSSR count). The summed E-state index contributed by atoms with van der Waals surface area (Å²) in [5, 5.41) is 13.9. The van der Waals surface area contributed by atoms with E-state index in [1.54, 1.807) is 47.6 Å². The number of carbonyl (C=O) groups excluding carboxylic acids is 1. The van der Waals surface area contributed by atoms with Crippen LogP contribution in [0, 0.1) is 6.92 Å². The molecule has 0 radical (unpaired) electrons. The Kier molecular flexibility index (Phi) is 8.96. The maximum Gasteiger partial charge on any atom is 0.407 e. The van der Waals surface area contributed by atoms with Gasteiger partial charge in [-0.15, -0.1) is 0 Å². The maximum absolute atomic E-state index is 13.6. The zero-order valence-electron chi connectivity index (χ0n) is 22.1. The molecule has 0 aliphatic heterocycles. The van der Waals surface area contributed by atoms with Crippen molar-refractivity contribution in [3.05, 3.63) is 59.9 Å². The van der Waals surface area contributed by atoms with E-state index >= 15 is 0 Å². The lowest BCUT2D eigenvalue weighted by atomic mass is 10.0. The lowest BCUT2D eigenvalue weighted by Gasteiger charge is -2.30. The standard InChI is InChI=1S/C26H36N4O6S/c1-17(2)36-30(37(33,34)20-12-13-21-22(15-20)28-18(3)27-21)16-24(31)23(14-19-10-8-7-9-11-19)29-25(32)35-26(4,5)6/h7-13,15,17,23-24,31H,14,16H2,1-6H3,(H,27,28)(H,29,32)/t23-,24?/m0/s1. The van der Waals surface area contributed by atoms with Gasteiger partial charge in [0.25, 0.3) is 10.0 Å². The van der Waals surface area contributed by atoms with E-state index in [1.807, 2.05) is 30.3 Å². The number of hydroxylamine groups is 1. The summed E-state index contributed by atoms with van der Waals surface area (Å²) in [4.78, 5) is 25.5. The van der Waals surface area contributed by atoms with Crippen LogP contribution in [0.5, 0.6) is 0 Å². The first-order chi connectivity index (χ1) is 17.2. The quantitative estimate of drug-likeness (QED) is 0.339. The van der Waals surface area contributed by atoms with E-state index in [9.17, 15) is 18.3 Å². The number of alkyl carbamates (subject to hydrolysis) is 1. The van der Waals surface area contributed by atoms with Crippen molar-refractivity contribution in [2.75, 3.05) is 6.54 Å². The van der Waals surface area contributed by atoms with Gasteiger partial charge < -0.3 is 20.1 Å². The molecule has 1 unspecified atom stereocenters. The van der Waals surface area contributed by atoms with E-state index in [0.717, 1.165) is 10.0 Å². The number of benzene rings is 2. The number of aromatic nitrogens is 2. The van der Waals surface area contributed by atoms with Crippen LogP contribution < -0.4 is 5.32 Å². The highest BCUT2D eigenvalue weighted by Crippen LogP contribution is 2.23. The van der Waals surface area contributed by atoms with E-state index in [1.165, 1.54) is 12.1 Å². The van der Waals surface area contributed by atoms with E-state index in [0.29, 0.717) is 16.9 Å². The molecular formula is C26H36N4O6S. The molecule has 1 amide bonds. The van der Waals surface area contributed by atoms with Crippen LogP contribution in [-0.4, -0.2) is 64.4 Å². The zero-order chi connectivity index (χ0) is 27.4. The van der Waals surface area contributed by atoms with Crippen molar-refractivity contribution in [1.29, 1.82) is 0 Å². The van der Waals surface area contributed by atoms with Gasteiger partial charge in [-0.05, 0) is 71.7 Å². The SMILES string of the molecule is Cc1nc2ccc(S(=O)(=O)N(CC(O)[C@H](Cc3ccccc3)NC(=O)OC(C)(C)C)OC(C)C)cc2[nH]1. The van der Waals surface area contributed by atoms with Crippen LogP contribution in [0.15, 0.2) is 53.4 Å². The zero-order valence-corrected chi connectivity index (χ0v) is 22.9. The van der Waals surface area contributed by atoms with Crippen LogP contribution in [0.4, 0.5) is 4.79 Å². The highest BCUT2D eigenvalue weighted by Gasteiger charge is 2.33. The predicted molar refractivity (Wildman–Crippen MR) is 140 cm³/mol. The number of imidazole rings is 1. The molecule has 1 heterocycles. The normalized spacial score (nSPS) is 14.2. The summed E-state index contributed by atoms with van der Waals surface area (Å²) in [6.45, 7) is 9.94. The molecule has 0 spiro atoms. The Bertz CT molecular complexity index is 1300. The number of aliphatic hydroxyl groups is 1. The molecule has 0 aliphatic rings. The number of fused-ring (bicyclic) bond motifs is 1. The van der Waals surface area contributed by atoms with Gasteiger partial charge in [0.2, 0.25) is 0 Å².